The summed E-state index contributed by atoms with van der Waals surface area (Å²) in [7, 11) is 0. The molecular formula is C19H23F2N3. The van der Waals surface area contributed by atoms with Crippen molar-refractivity contribution in [1.82, 2.24) is 4.90 Å². The first kappa shape index (κ1) is 16.7. The van der Waals surface area contributed by atoms with E-state index in [4.69, 9.17) is 5.73 Å². The molecule has 0 atom stereocenters. The number of nitrogens with one attached hydrogen (secondary N) is 1. The predicted octanol–water partition coefficient (Wildman–Crippen LogP) is 4.28. The van der Waals surface area contributed by atoms with Crippen molar-refractivity contribution in [3.8, 4) is 0 Å². The van der Waals surface area contributed by atoms with Gasteiger partial charge in [0.25, 0.3) is 6.43 Å². The second-order valence-electron chi connectivity index (χ2n) is 6.33. The molecule has 1 aliphatic heterocycles. The molecule has 1 saturated heterocycles. The number of anilines is 2. The van der Waals surface area contributed by atoms with Gasteiger partial charge in [-0.25, -0.2) is 8.78 Å². The second-order valence-corrected chi connectivity index (χ2v) is 6.33. The number of nitrogen functional groups attached to an aromatic ring is 1. The summed E-state index contributed by atoms with van der Waals surface area (Å²) in [5.41, 5.74) is 7.79. The van der Waals surface area contributed by atoms with E-state index >= 15 is 0 Å². The minimum Gasteiger partial charge on any atom is -0.399 e. The van der Waals surface area contributed by atoms with E-state index in [9.17, 15) is 8.78 Å². The van der Waals surface area contributed by atoms with E-state index in [2.05, 4.69) is 34.5 Å². The van der Waals surface area contributed by atoms with Crippen molar-refractivity contribution in [2.75, 3.05) is 24.1 Å². The Bertz CT molecular complexity index is 653. The average Bonchev–Trinajstić information content (AvgIpc) is 2.59. The van der Waals surface area contributed by atoms with Crippen LogP contribution in [0.4, 0.5) is 20.2 Å². The summed E-state index contributed by atoms with van der Waals surface area (Å²) in [6.45, 7) is 2.87. The zero-order valence-electron chi connectivity index (χ0n) is 13.6. The smallest absolute Gasteiger partial charge is 0.265 e. The van der Waals surface area contributed by atoms with Gasteiger partial charge in [0.05, 0.1) is 0 Å². The second kappa shape index (κ2) is 7.62. The molecule has 3 nitrogen and oxygen atoms in total. The molecule has 0 radical (unpaired) electrons. The highest BCUT2D eigenvalue weighted by atomic mass is 19.3. The fourth-order valence-corrected chi connectivity index (χ4v) is 3.19. The molecule has 0 bridgehead atoms. The first-order chi connectivity index (χ1) is 11.6. The molecule has 0 amide bonds. The lowest BCUT2D eigenvalue weighted by molar-refractivity contribution is 0.152. The fourth-order valence-electron chi connectivity index (χ4n) is 3.19. The Morgan fingerprint density at radius 2 is 1.79 bits per heavy atom. The lowest BCUT2D eigenvalue weighted by Gasteiger charge is -2.33. The van der Waals surface area contributed by atoms with Crippen LogP contribution in [0, 0.1) is 0 Å². The van der Waals surface area contributed by atoms with Crippen LogP contribution in [-0.2, 0) is 6.54 Å². The number of likely N-dealkylation sites (tertiary alicyclic amines) is 1. The minimum absolute atomic E-state index is 0.0123. The Morgan fingerprint density at radius 1 is 1.08 bits per heavy atom. The topological polar surface area (TPSA) is 41.3 Å². The van der Waals surface area contributed by atoms with Crippen molar-refractivity contribution in [2.24, 2.45) is 0 Å². The number of hydrogen-bond acceptors (Lipinski definition) is 3. The summed E-state index contributed by atoms with van der Waals surface area (Å²) in [6.07, 6.45) is -0.631. The van der Waals surface area contributed by atoms with Gasteiger partial charge < -0.3 is 11.1 Å². The fraction of sp³-hybridized carbons (Fsp3) is 0.368. The molecule has 0 spiro atoms. The molecule has 0 aliphatic carbocycles. The third kappa shape index (κ3) is 4.23. The molecule has 3 rings (SSSR count). The van der Waals surface area contributed by atoms with Gasteiger partial charge in [-0.15, -0.1) is 0 Å². The van der Waals surface area contributed by atoms with Gasteiger partial charge in [0, 0.05) is 42.6 Å². The highest BCUT2D eigenvalue weighted by molar-refractivity contribution is 5.59. The molecule has 2 aromatic carbocycles. The molecular weight excluding hydrogens is 308 g/mol. The van der Waals surface area contributed by atoms with Crippen LogP contribution in [0.3, 0.4) is 0 Å². The maximum Gasteiger partial charge on any atom is 0.265 e. The highest BCUT2D eigenvalue weighted by Gasteiger charge is 2.21. The summed E-state index contributed by atoms with van der Waals surface area (Å²) in [4.78, 5) is 2.41. The van der Waals surface area contributed by atoms with E-state index < -0.39 is 6.43 Å². The van der Waals surface area contributed by atoms with Crippen LogP contribution in [0.15, 0.2) is 48.5 Å². The van der Waals surface area contributed by atoms with Crippen LogP contribution in [0.25, 0.3) is 0 Å². The SMILES string of the molecule is Nc1ccc(NC2CCN(Cc3ccccc3)CC2)c(C(F)F)c1. The Hall–Kier alpha value is -2.14. The van der Waals surface area contributed by atoms with Gasteiger partial charge in [-0.2, -0.15) is 0 Å². The largest absolute Gasteiger partial charge is 0.399 e. The van der Waals surface area contributed by atoms with Crippen LogP contribution in [0.1, 0.15) is 30.4 Å². The maximum absolute atomic E-state index is 13.2. The monoisotopic (exact) mass is 331 g/mol. The molecule has 1 heterocycles. The molecule has 3 N–H and O–H groups in total. The summed E-state index contributed by atoms with van der Waals surface area (Å²) in [5.74, 6) is 0. The Balaban J connectivity index is 1.56. The van der Waals surface area contributed by atoms with E-state index in [1.54, 1.807) is 12.1 Å². The van der Waals surface area contributed by atoms with Crippen LogP contribution in [0.5, 0.6) is 0 Å². The zero-order valence-corrected chi connectivity index (χ0v) is 13.6. The molecule has 2 aromatic rings. The van der Waals surface area contributed by atoms with Crippen LogP contribution in [-0.4, -0.2) is 24.0 Å². The number of alkyl halides is 2. The molecule has 128 valence electrons. The number of rotatable bonds is 5. The molecule has 0 saturated carbocycles. The summed E-state index contributed by atoms with van der Waals surface area (Å²) in [6, 6.07) is 15.3. The van der Waals surface area contributed by atoms with Gasteiger partial charge in [-0.05, 0) is 36.6 Å². The molecule has 24 heavy (non-hydrogen) atoms. The summed E-state index contributed by atoms with van der Waals surface area (Å²) < 4.78 is 26.3. The van der Waals surface area contributed by atoms with Crippen molar-refractivity contribution in [2.45, 2.75) is 31.9 Å². The number of benzene rings is 2. The van der Waals surface area contributed by atoms with Crippen molar-refractivity contribution in [1.29, 1.82) is 0 Å². The number of hydrogen-bond donors (Lipinski definition) is 2. The molecule has 0 unspecified atom stereocenters. The Kier molecular flexibility index (Phi) is 5.30. The van der Waals surface area contributed by atoms with Gasteiger partial charge in [0.15, 0.2) is 0 Å². The van der Waals surface area contributed by atoms with Crippen molar-refractivity contribution in [3.05, 3.63) is 59.7 Å². The van der Waals surface area contributed by atoms with Crippen LogP contribution < -0.4 is 11.1 Å². The quantitative estimate of drug-likeness (QED) is 0.804. The van der Waals surface area contributed by atoms with Gasteiger partial charge in [-0.3, -0.25) is 4.90 Å². The lowest BCUT2D eigenvalue weighted by atomic mass is 10.0. The molecule has 1 aliphatic rings. The van der Waals surface area contributed by atoms with E-state index in [0.29, 0.717) is 11.4 Å². The maximum atomic E-state index is 13.2. The van der Waals surface area contributed by atoms with Crippen LogP contribution >= 0.6 is 0 Å². The number of halogens is 2. The summed E-state index contributed by atoms with van der Waals surface area (Å²) in [5, 5.41) is 3.28. The minimum atomic E-state index is -2.52. The molecule has 1 fully saturated rings. The van der Waals surface area contributed by atoms with Crippen molar-refractivity contribution in [3.63, 3.8) is 0 Å². The average molecular weight is 331 g/mol. The molecule has 5 heteroatoms. The first-order valence-electron chi connectivity index (χ1n) is 8.32. The van der Waals surface area contributed by atoms with Crippen LogP contribution in [0.2, 0.25) is 0 Å². The number of nitrogens with two attached hydrogens (primary N) is 1. The normalized spacial score (nSPS) is 16.5. The van der Waals surface area contributed by atoms with E-state index in [1.165, 1.54) is 11.6 Å². The van der Waals surface area contributed by atoms with Crippen molar-refractivity contribution < 1.29 is 8.78 Å². The van der Waals surface area contributed by atoms with E-state index in [0.717, 1.165) is 32.5 Å². The van der Waals surface area contributed by atoms with Gasteiger partial charge in [0.1, 0.15) is 0 Å². The lowest BCUT2D eigenvalue weighted by Crippen LogP contribution is -2.38. The third-order valence-corrected chi connectivity index (χ3v) is 4.51. The molecule has 0 aromatic heterocycles. The Morgan fingerprint density at radius 3 is 2.46 bits per heavy atom. The number of nitrogens with zero attached hydrogens (tertiary/aromatic N) is 1. The first-order valence-corrected chi connectivity index (χ1v) is 8.32. The van der Waals surface area contributed by atoms with Gasteiger partial charge >= 0.3 is 0 Å². The predicted molar refractivity (Wildman–Crippen MR) is 94.2 cm³/mol. The van der Waals surface area contributed by atoms with Crippen molar-refractivity contribution >= 4 is 11.4 Å². The standard InChI is InChI=1S/C19H23F2N3/c20-19(21)17-12-15(22)6-7-18(17)23-16-8-10-24(11-9-16)13-14-4-2-1-3-5-14/h1-7,12,16,19,23H,8-11,13,22H2. The third-order valence-electron chi connectivity index (χ3n) is 4.51. The van der Waals surface area contributed by atoms with Gasteiger partial charge in [-0.1, -0.05) is 30.3 Å². The van der Waals surface area contributed by atoms with Gasteiger partial charge in [0.2, 0.25) is 0 Å². The highest BCUT2D eigenvalue weighted by Crippen LogP contribution is 2.30. The van der Waals surface area contributed by atoms with E-state index in [1.807, 2.05) is 6.07 Å². The number of piperidine rings is 1. The summed E-state index contributed by atoms with van der Waals surface area (Å²) >= 11 is 0. The Labute approximate surface area is 141 Å². The van der Waals surface area contributed by atoms with E-state index in [-0.39, 0.29) is 11.6 Å². The zero-order chi connectivity index (χ0) is 16.9.